The van der Waals surface area contributed by atoms with Crippen molar-refractivity contribution in [2.45, 2.75) is 32.7 Å². The van der Waals surface area contributed by atoms with Crippen molar-refractivity contribution in [1.29, 1.82) is 0 Å². The monoisotopic (exact) mass is 174 g/mol. The zero-order chi connectivity index (χ0) is 9.35. The molecule has 4 nitrogen and oxygen atoms in total. The van der Waals surface area contributed by atoms with Crippen molar-refractivity contribution in [2.75, 3.05) is 6.61 Å². The molecule has 1 aliphatic rings. The Morgan fingerprint density at radius 1 is 1.58 bits per heavy atom. The molecule has 0 amide bonds. The van der Waals surface area contributed by atoms with E-state index in [9.17, 15) is 4.79 Å². The van der Waals surface area contributed by atoms with Crippen LogP contribution in [-0.4, -0.2) is 29.6 Å². The molecular formula is C8H14O4. The Kier molecular flexibility index (Phi) is 2.39. The van der Waals surface area contributed by atoms with Crippen LogP contribution in [0.5, 0.6) is 0 Å². The van der Waals surface area contributed by atoms with Crippen molar-refractivity contribution in [1.82, 2.24) is 0 Å². The van der Waals surface area contributed by atoms with Gasteiger partial charge in [0.1, 0.15) is 0 Å². The number of carboxylic acid groups (broad SMARTS) is 1. The van der Waals surface area contributed by atoms with Gasteiger partial charge in [0.2, 0.25) is 0 Å². The molecule has 0 aromatic rings. The fourth-order valence-corrected chi connectivity index (χ4v) is 1.17. The van der Waals surface area contributed by atoms with E-state index in [-0.39, 0.29) is 5.92 Å². The Bertz CT molecular complexity index is 187. The van der Waals surface area contributed by atoms with Gasteiger partial charge in [0, 0.05) is 5.92 Å². The van der Waals surface area contributed by atoms with Crippen LogP contribution >= 0.6 is 0 Å². The van der Waals surface area contributed by atoms with Gasteiger partial charge in [0.05, 0.1) is 6.61 Å². The summed E-state index contributed by atoms with van der Waals surface area (Å²) in [6.07, 6.45) is -0.742. The van der Waals surface area contributed by atoms with E-state index in [1.807, 2.05) is 0 Å². The molecule has 1 fully saturated rings. The molecule has 1 heterocycles. The summed E-state index contributed by atoms with van der Waals surface area (Å²) in [5.41, 5.74) is 0. The quantitative estimate of drug-likeness (QED) is 0.640. The summed E-state index contributed by atoms with van der Waals surface area (Å²) in [6.45, 7) is 5.67. The lowest BCUT2D eigenvalue weighted by molar-refractivity contribution is -0.288. The summed E-state index contributed by atoms with van der Waals surface area (Å²) < 4.78 is 10.5. The second-order valence-electron chi connectivity index (χ2n) is 3.56. The molecule has 0 saturated carbocycles. The molecule has 0 aromatic heterocycles. The summed E-state index contributed by atoms with van der Waals surface area (Å²) in [4.78, 5) is 10.7. The smallest absolute Gasteiger partial charge is 0.333 e. The van der Waals surface area contributed by atoms with Crippen LogP contribution < -0.4 is 0 Å². The number of rotatable bonds is 1. The van der Waals surface area contributed by atoms with Crippen LogP contribution in [0.15, 0.2) is 0 Å². The topological polar surface area (TPSA) is 55.8 Å². The van der Waals surface area contributed by atoms with Crippen molar-refractivity contribution < 1.29 is 19.4 Å². The molecule has 12 heavy (non-hydrogen) atoms. The van der Waals surface area contributed by atoms with Crippen molar-refractivity contribution in [3.8, 4) is 0 Å². The van der Waals surface area contributed by atoms with Crippen LogP contribution in [0, 0.1) is 5.92 Å². The van der Waals surface area contributed by atoms with Crippen molar-refractivity contribution >= 4 is 5.97 Å². The largest absolute Gasteiger partial charge is 0.479 e. The first-order chi connectivity index (χ1) is 5.42. The third-order valence-corrected chi connectivity index (χ3v) is 1.86. The summed E-state index contributed by atoms with van der Waals surface area (Å²) in [7, 11) is 0. The standard InChI is InChI=1S/C8H14O4/c1-5-4-11-8(2,3)12-6(5)7(9)10/h5-6H,4H2,1-3H3,(H,9,10). The fraction of sp³-hybridized carbons (Fsp3) is 0.875. The van der Waals surface area contributed by atoms with Gasteiger partial charge in [-0.1, -0.05) is 6.92 Å². The van der Waals surface area contributed by atoms with Crippen LogP contribution in [0.4, 0.5) is 0 Å². The highest BCUT2D eigenvalue weighted by atomic mass is 16.7. The highest BCUT2D eigenvalue weighted by molar-refractivity contribution is 5.72. The number of carbonyl (C=O) groups is 1. The van der Waals surface area contributed by atoms with Gasteiger partial charge in [-0.2, -0.15) is 0 Å². The second-order valence-corrected chi connectivity index (χ2v) is 3.56. The summed E-state index contributed by atoms with van der Waals surface area (Å²) >= 11 is 0. The van der Waals surface area contributed by atoms with E-state index in [1.165, 1.54) is 0 Å². The highest BCUT2D eigenvalue weighted by Crippen LogP contribution is 2.25. The summed E-state index contributed by atoms with van der Waals surface area (Å²) in [6, 6.07) is 0. The Morgan fingerprint density at radius 2 is 2.17 bits per heavy atom. The van der Waals surface area contributed by atoms with Crippen LogP contribution in [0.1, 0.15) is 20.8 Å². The lowest BCUT2D eigenvalue weighted by atomic mass is 10.0. The maximum atomic E-state index is 10.7. The third kappa shape index (κ3) is 1.95. The van der Waals surface area contributed by atoms with Gasteiger partial charge in [-0.25, -0.2) is 4.79 Å². The van der Waals surface area contributed by atoms with E-state index in [0.29, 0.717) is 6.61 Å². The first kappa shape index (κ1) is 9.48. The lowest BCUT2D eigenvalue weighted by Gasteiger charge is -2.37. The number of hydrogen-bond donors (Lipinski definition) is 1. The molecule has 70 valence electrons. The zero-order valence-electron chi connectivity index (χ0n) is 7.53. The maximum absolute atomic E-state index is 10.7. The molecule has 0 aliphatic carbocycles. The molecule has 0 radical (unpaired) electrons. The van der Waals surface area contributed by atoms with Crippen LogP contribution in [0.25, 0.3) is 0 Å². The SMILES string of the molecule is CC1COC(C)(C)OC1C(=O)O. The second kappa shape index (κ2) is 3.03. The van der Waals surface area contributed by atoms with Crippen molar-refractivity contribution in [3.05, 3.63) is 0 Å². The van der Waals surface area contributed by atoms with Gasteiger partial charge in [-0.15, -0.1) is 0 Å². The van der Waals surface area contributed by atoms with Gasteiger partial charge < -0.3 is 14.6 Å². The normalized spacial score (nSPS) is 34.6. The first-order valence-electron chi connectivity index (χ1n) is 3.97. The highest BCUT2D eigenvalue weighted by Gasteiger charge is 2.38. The fourth-order valence-electron chi connectivity index (χ4n) is 1.17. The minimum Gasteiger partial charge on any atom is -0.479 e. The predicted molar refractivity (Wildman–Crippen MR) is 41.7 cm³/mol. The molecule has 1 N–H and O–H groups in total. The van der Waals surface area contributed by atoms with E-state index >= 15 is 0 Å². The van der Waals surface area contributed by atoms with Crippen LogP contribution in [-0.2, 0) is 14.3 Å². The van der Waals surface area contributed by atoms with Crippen molar-refractivity contribution in [3.63, 3.8) is 0 Å². The molecule has 1 aliphatic heterocycles. The van der Waals surface area contributed by atoms with Gasteiger partial charge in [-0.3, -0.25) is 0 Å². The molecule has 4 heteroatoms. The minimum absolute atomic E-state index is 0.0875. The van der Waals surface area contributed by atoms with E-state index in [1.54, 1.807) is 20.8 Å². The average molecular weight is 174 g/mol. The van der Waals surface area contributed by atoms with E-state index in [4.69, 9.17) is 14.6 Å². The number of aliphatic carboxylic acids is 1. The molecule has 0 bridgehead atoms. The minimum atomic E-state index is -0.918. The van der Waals surface area contributed by atoms with Gasteiger partial charge in [0.15, 0.2) is 11.9 Å². The van der Waals surface area contributed by atoms with E-state index in [2.05, 4.69) is 0 Å². The van der Waals surface area contributed by atoms with Gasteiger partial charge in [0.25, 0.3) is 0 Å². The molecule has 1 saturated heterocycles. The van der Waals surface area contributed by atoms with Crippen molar-refractivity contribution in [2.24, 2.45) is 5.92 Å². The number of hydrogen-bond acceptors (Lipinski definition) is 3. The molecule has 0 spiro atoms. The van der Waals surface area contributed by atoms with E-state index < -0.39 is 17.9 Å². The summed E-state index contributed by atoms with van der Waals surface area (Å²) in [5, 5.41) is 8.76. The Hall–Kier alpha value is -0.610. The van der Waals surface area contributed by atoms with E-state index in [0.717, 1.165) is 0 Å². The Balaban J connectivity index is 2.66. The molecule has 2 atom stereocenters. The predicted octanol–water partition coefficient (Wildman–Crippen LogP) is 0.859. The molecule has 2 unspecified atom stereocenters. The lowest BCUT2D eigenvalue weighted by Crippen LogP contribution is -2.48. The zero-order valence-corrected chi connectivity index (χ0v) is 7.53. The van der Waals surface area contributed by atoms with Crippen LogP contribution in [0.3, 0.4) is 0 Å². The Labute approximate surface area is 71.5 Å². The number of carboxylic acids is 1. The summed E-state index contributed by atoms with van der Waals surface area (Å²) in [5.74, 6) is -1.77. The first-order valence-corrected chi connectivity index (χ1v) is 3.97. The van der Waals surface area contributed by atoms with Gasteiger partial charge >= 0.3 is 5.97 Å². The molecular weight excluding hydrogens is 160 g/mol. The average Bonchev–Trinajstić information content (AvgIpc) is 1.94. The third-order valence-electron chi connectivity index (χ3n) is 1.86. The number of ether oxygens (including phenoxy) is 2. The molecule has 0 aromatic carbocycles. The van der Waals surface area contributed by atoms with Gasteiger partial charge in [-0.05, 0) is 13.8 Å². The molecule has 1 rings (SSSR count). The maximum Gasteiger partial charge on any atom is 0.333 e. The Morgan fingerprint density at radius 3 is 2.58 bits per heavy atom. The van der Waals surface area contributed by atoms with Crippen LogP contribution in [0.2, 0.25) is 0 Å².